The van der Waals surface area contributed by atoms with Gasteiger partial charge in [-0.25, -0.2) is 4.79 Å². The predicted molar refractivity (Wildman–Crippen MR) is 93.5 cm³/mol. The van der Waals surface area contributed by atoms with E-state index in [9.17, 15) is 19.5 Å². The molecular formula is C18H16N4O4. The first kappa shape index (κ1) is 17.3. The quantitative estimate of drug-likeness (QED) is 0.715. The molecule has 0 aliphatic heterocycles. The number of benzene rings is 2. The van der Waals surface area contributed by atoms with E-state index in [1.54, 1.807) is 54.6 Å². The third-order valence-electron chi connectivity index (χ3n) is 4.00. The molecule has 0 radical (unpaired) electrons. The van der Waals surface area contributed by atoms with Crippen molar-refractivity contribution in [2.45, 2.75) is 19.0 Å². The largest absolute Gasteiger partial charge is 0.479 e. The summed E-state index contributed by atoms with van der Waals surface area (Å²) in [6, 6.07) is 12.7. The second-order valence-corrected chi connectivity index (χ2v) is 5.72. The first-order valence-electron chi connectivity index (χ1n) is 7.91. The molecule has 0 aliphatic rings. The summed E-state index contributed by atoms with van der Waals surface area (Å²) in [5, 5.41) is 19.9. The molecule has 0 unspecified atom stereocenters. The maximum Gasteiger partial charge on any atom is 0.330 e. The van der Waals surface area contributed by atoms with Crippen LogP contribution in [0.4, 0.5) is 0 Å². The second kappa shape index (κ2) is 7.14. The molecule has 1 heterocycles. The summed E-state index contributed by atoms with van der Waals surface area (Å²) in [5.74, 6) is -1.85. The van der Waals surface area contributed by atoms with Crippen molar-refractivity contribution in [3.8, 4) is 0 Å². The van der Waals surface area contributed by atoms with E-state index in [-0.39, 0.29) is 0 Å². The zero-order chi connectivity index (χ0) is 18.7. The molecule has 0 saturated carbocycles. The Bertz CT molecular complexity index is 1020. The molecule has 8 heteroatoms. The van der Waals surface area contributed by atoms with Crippen molar-refractivity contribution in [1.29, 1.82) is 0 Å². The summed E-state index contributed by atoms with van der Waals surface area (Å²) < 4.78 is 0.946. The van der Waals surface area contributed by atoms with E-state index in [0.29, 0.717) is 16.5 Å². The van der Waals surface area contributed by atoms with Gasteiger partial charge in [0.25, 0.3) is 5.56 Å². The van der Waals surface area contributed by atoms with Crippen molar-refractivity contribution in [3.05, 3.63) is 70.5 Å². The molecule has 1 amide bonds. The van der Waals surface area contributed by atoms with E-state index in [0.717, 1.165) is 4.68 Å². The summed E-state index contributed by atoms with van der Waals surface area (Å²) in [5.41, 5.74) is 0.386. The lowest BCUT2D eigenvalue weighted by Gasteiger charge is -2.18. The van der Waals surface area contributed by atoms with Gasteiger partial charge in [0.05, 0.1) is 5.39 Å². The van der Waals surface area contributed by atoms with Crippen LogP contribution in [0.1, 0.15) is 24.6 Å². The second-order valence-electron chi connectivity index (χ2n) is 5.72. The minimum Gasteiger partial charge on any atom is -0.479 e. The highest BCUT2D eigenvalue weighted by Crippen LogP contribution is 2.14. The van der Waals surface area contributed by atoms with Crippen molar-refractivity contribution in [3.63, 3.8) is 0 Å². The average Bonchev–Trinajstić information content (AvgIpc) is 2.66. The van der Waals surface area contributed by atoms with E-state index in [4.69, 9.17) is 0 Å². The summed E-state index contributed by atoms with van der Waals surface area (Å²) >= 11 is 0. The van der Waals surface area contributed by atoms with Crippen LogP contribution in [0.5, 0.6) is 0 Å². The molecule has 0 bridgehead atoms. The van der Waals surface area contributed by atoms with Gasteiger partial charge in [0.15, 0.2) is 6.04 Å². The monoisotopic (exact) mass is 352 g/mol. The van der Waals surface area contributed by atoms with Crippen LogP contribution in [0.15, 0.2) is 59.4 Å². The first-order valence-corrected chi connectivity index (χ1v) is 7.91. The molecule has 8 nitrogen and oxygen atoms in total. The number of carboxylic acid groups (broad SMARTS) is 1. The fourth-order valence-corrected chi connectivity index (χ4v) is 2.56. The molecule has 0 saturated heterocycles. The van der Waals surface area contributed by atoms with E-state index in [2.05, 4.69) is 15.6 Å². The Morgan fingerprint density at radius 3 is 2.42 bits per heavy atom. The van der Waals surface area contributed by atoms with Crippen LogP contribution in [0.25, 0.3) is 10.9 Å². The van der Waals surface area contributed by atoms with Gasteiger partial charge in [0.2, 0.25) is 5.91 Å². The third kappa shape index (κ3) is 3.30. The molecule has 0 aliphatic carbocycles. The van der Waals surface area contributed by atoms with Crippen molar-refractivity contribution >= 4 is 22.8 Å². The number of aliphatic carboxylic acids is 1. The number of hydrogen-bond donors (Lipinski definition) is 2. The summed E-state index contributed by atoms with van der Waals surface area (Å²) in [6.45, 7) is 1.46. The Balaban J connectivity index is 1.89. The standard InChI is InChI=1S/C18H16N4O4/c1-11(22-17(24)13-9-5-6-10-14(13)20-21-22)16(23)19-15(18(25)26)12-7-3-2-4-8-12/h2-11,15H,1H3,(H,19,23)(H,25,26)/t11-,15-/m0/s1. The number of amides is 1. The van der Waals surface area contributed by atoms with E-state index < -0.39 is 29.5 Å². The topological polar surface area (TPSA) is 114 Å². The number of rotatable bonds is 5. The molecule has 26 heavy (non-hydrogen) atoms. The first-order chi connectivity index (χ1) is 12.5. The maximum absolute atomic E-state index is 12.5. The van der Waals surface area contributed by atoms with Gasteiger partial charge in [-0.3, -0.25) is 9.59 Å². The number of aromatic nitrogens is 3. The SMILES string of the molecule is C[C@@H](C(=O)N[C@H](C(=O)O)c1ccccc1)n1nnc2ccccc2c1=O. The lowest BCUT2D eigenvalue weighted by atomic mass is 10.1. The Morgan fingerprint density at radius 2 is 1.73 bits per heavy atom. The van der Waals surface area contributed by atoms with Crippen LogP contribution in [0, 0.1) is 0 Å². The molecule has 2 atom stereocenters. The van der Waals surface area contributed by atoms with Crippen molar-refractivity contribution in [1.82, 2.24) is 20.3 Å². The van der Waals surface area contributed by atoms with Gasteiger partial charge in [-0.15, -0.1) is 5.10 Å². The van der Waals surface area contributed by atoms with E-state index in [1.807, 2.05) is 0 Å². The number of nitrogens with one attached hydrogen (secondary N) is 1. The van der Waals surface area contributed by atoms with Gasteiger partial charge >= 0.3 is 5.97 Å². The minimum atomic E-state index is -1.23. The minimum absolute atomic E-state index is 0.333. The van der Waals surface area contributed by atoms with E-state index in [1.165, 1.54) is 6.92 Å². The molecule has 3 aromatic rings. The molecule has 3 rings (SSSR count). The summed E-state index contributed by atoms with van der Waals surface area (Å²) in [7, 11) is 0. The molecule has 2 aromatic carbocycles. The maximum atomic E-state index is 12.5. The van der Waals surface area contributed by atoms with Gasteiger partial charge in [-0.2, -0.15) is 4.68 Å². The predicted octanol–water partition coefficient (Wildman–Crippen LogP) is 1.29. The Labute approximate surface area is 148 Å². The number of carbonyl (C=O) groups is 2. The van der Waals surface area contributed by atoms with Crippen molar-refractivity contribution < 1.29 is 14.7 Å². The Kier molecular flexibility index (Phi) is 4.74. The number of nitrogens with zero attached hydrogens (tertiary/aromatic N) is 3. The van der Waals surface area contributed by atoms with Crippen molar-refractivity contribution in [2.75, 3.05) is 0 Å². The van der Waals surface area contributed by atoms with E-state index >= 15 is 0 Å². The lowest BCUT2D eigenvalue weighted by Crippen LogP contribution is -2.41. The summed E-state index contributed by atoms with van der Waals surface area (Å²) in [6.07, 6.45) is 0. The van der Waals surface area contributed by atoms with Crippen LogP contribution < -0.4 is 10.9 Å². The van der Waals surface area contributed by atoms with Gasteiger partial charge in [-0.1, -0.05) is 47.7 Å². The Morgan fingerprint density at radius 1 is 1.08 bits per heavy atom. The highest BCUT2D eigenvalue weighted by atomic mass is 16.4. The highest BCUT2D eigenvalue weighted by Gasteiger charge is 2.26. The van der Waals surface area contributed by atoms with Gasteiger partial charge in [-0.05, 0) is 24.6 Å². The van der Waals surface area contributed by atoms with Crippen LogP contribution >= 0.6 is 0 Å². The number of carbonyl (C=O) groups excluding carboxylic acids is 1. The fourth-order valence-electron chi connectivity index (χ4n) is 2.56. The number of hydrogen-bond acceptors (Lipinski definition) is 5. The van der Waals surface area contributed by atoms with Crippen LogP contribution in [-0.4, -0.2) is 32.0 Å². The highest BCUT2D eigenvalue weighted by molar-refractivity contribution is 5.86. The zero-order valence-corrected chi connectivity index (χ0v) is 13.9. The van der Waals surface area contributed by atoms with Gasteiger partial charge in [0.1, 0.15) is 11.6 Å². The number of fused-ring (bicyclic) bond motifs is 1. The smallest absolute Gasteiger partial charge is 0.330 e. The zero-order valence-electron chi connectivity index (χ0n) is 13.9. The van der Waals surface area contributed by atoms with Crippen LogP contribution in [-0.2, 0) is 9.59 Å². The molecule has 0 fully saturated rings. The van der Waals surface area contributed by atoms with Crippen molar-refractivity contribution in [2.24, 2.45) is 0 Å². The number of carboxylic acids is 1. The average molecular weight is 352 g/mol. The molecular weight excluding hydrogens is 336 g/mol. The molecule has 132 valence electrons. The fraction of sp³-hybridized carbons (Fsp3) is 0.167. The van der Waals surface area contributed by atoms with Gasteiger partial charge in [0, 0.05) is 0 Å². The van der Waals surface area contributed by atoms with Gasteiger partial charge < -0.3 is 10.4 Å². The molecule has 0 spiro atoms. The van der Waals surface area contributed by atoms with Crippen LogP contribution in [0.3, 0.4) is 0 Å². The third-order valence-corrected chi connectivity index (χ3v) is 4.00. The summed E-state index contributed by atoms with van der Waals surface area (Å²) in [4.78, 5) is 36.6. The lowest BCUT2D eigenvalue weighted by molar-refractivity contribution is -0.142. The molecule has 2 N–H and O–H groups in total. The molecule has 1 aromatic heterocycles. The Hall–Kier alpha value is -3.55. The normalized spacial score (nSPS) is 13.1. The van der Waals surface area contributed by atoms with Crippen LogP contribution in [0.2, 0.25) is 0 Å².